The second-order valence-corrected chi connectivity index (χ2v) is 9.63. The molecule has 188 valence electrons. The lowest BCUT2D eigenvalue weighted by atomic mass is 9.95. The molecule has 0 spiro atoms. The van der Waals surface area contributed by atoms with Crippen LogP contribution >= 0.6 is 0 Å². The van der Waals surface area contributed by atoms with Crippen molar-refractivity contribution in [3.05, 3.63) is 71.7 Å². The molecule has 6 nitrogen and oxygen atoms in total. The van der Waals surface area contributed by atoms with Gasteiger partial charge in [-0.25, -0.2) is 0 Å². The molecule has 6 heteroatoms. The summed E-state index contributed by atoms with van der Waals surface area (Å²) in [4.78, 5) is 15.3. The zero-order valence-electron chi connectivity index (χ0n) is 21.5. The lowest BCUT2D eigenvalue weighted by Gasteiger charge is -2.25. The molecule has 0 radical (unpaired) electrons. The van der Waals surface area contributed by atoms with E-state index in [1.54, 1.807) is 0 Å². The number of rotatable bonds is 11. The topological polar surface area (TPSA) is 66.1 Å². The fourth-order valence-electron chi connectivity index (χ4n) is 5.16. The van der Waals surface area contributed by atoms with Crippen LogP contribution in [0.25, 0.3) is 10.9 Å². The van der Waals surface area contributed by atoms with Gasteiger partial charge in [-0.05, 0) is 74.4 Å². The molecule has 4 aromatic rings. The SMILES string of the molecule is CCCN(CCC)c1cc(Nc2ccc3[nH]c4c(c3c2)CCCC4)nc(OCCc2ccccn2)c1. The summed E-state index contributed by atoms with van der Waals surface area (Å²) in [6, 6.07) is 16.8. The molecule has 3 aromatic heterocycles. The van der Waals surface area contributed by atoms with Crippen molar-refractivity contribution in [3.8, 4) is 5.88 Å². The Balaban J connectivity index is 1.40. The number of H-pyrrole nitrogens is 1. The number of benzene rings is 1. The maximum atomic E-state index is 6.14. The third-order valence-electron chi connectivity index (χ3n) is 6.84. The Labute approximate surface area is 214 Å². The number of pyridine rings is 2. The van der Waals surface area contributed by atoms with Crippen LogP contribution < -0.4 is 15.0 Å². The fourth-order valence-corrected chi connectivity index (χ4v) is 5.16. The van der Waals surface area contributed by atoms with Gasteiger partial charge in [-0.1, -0.05) is 19.9 Å². The van der Waals surface area contributed by atoms with Crippen molar-refractivity contribution >= 4 is 28.1 Å². The van der Waals surface area contributed by atoms with Crippen LogP contribution in [0.2, 0.25) is 0 Å². The second-order valence-electron chi connectivity index (χ2n) is 9.63. The van der Waals surface area contributed by atoms with Crippen molar-refractivity contribution in [2.45, 2.75) is 58.8 Å². The molecule has 0 saturated heterocycles. The van der Waals surface area contributed by atoms with Crippen molar-refractivity contribution in [3.63, 3.8) is 0 Å². The molecule has 1 aliphatic rings. The number of fused-ring (bicyclic) bond motifs is 3. The number of nitrogens with zero attached hydrogens (tertiary/aromatic N) is 3. The summed E-state index contributed by atoms with van der Waals surface area (Å²) in [6.45, 7) is 6.99. The molecular formula is C30H37N5O. The lowest BCUT2D eigenvalue weighted by molar-refractivity contribution is 0.309. The summed E-state index contributed by atoms with van der Waals surface area (Å²) in [7, 11) is 0. The van der Waals surface area contributed by atoms with Crippen molar-refractivity contribution < 1.29 is 4.74 Å². The van der Waals surface area contributed by atoms with Crippen LogP contribution in [0.5, 0.6) is 5.88 Å². The molecule has 3 heterocycles. The lowest BCUT2D eigenvalue weighted by Crippen LogP contribution is -2.25. The van der Waals surface area contributed by atoms with Crippen molar-refractivity contribution in [2.75, 3.05) is 29.9 Å². The first-order valence-corrected chi connectivity index (χ1v) is 13.4. The number of nitrogens with one attached hydrogen (secondary N) is 2. The zero-order chi connectivity index (χ0) is 24.7. The molecule has 0 unspecified atom stereocenters. The molecule has 1 aromatic carbocycles. The molecule has 0 saturated carbocycles. The second kappa shape index (κ2) is 11.5. The molecule has 0 atom stereocenters. The summed E-state index contributed by atoms with van der Waals surface area (Å²) in [6.07, 6.45) is 9.61. The zero-order valence-corrected chi connectivity index (χ0v) is 21.5. The first-order valence-electron chi connectivity index (χ1n) is 13.4. The van der Waals surface area contributed by atoms with Gasteiger partial charge in [-0.2, -0.15) is 4.98 Å². The standard InChI is InChI=1S/C30H37N5O/c1-3-16-35(17-4-2)24-20-29(34-30(21-24)36-18-14-22-9-7-8-15-31-22)32-23-12-13-28-26(19-23)25-10-5-6-11-27(25)33-28/h7-9,12-13,15,19-21,33H,3-6,10-11,14,16-18H2,1-2H3,(H,32,34). The number of aromatic nitrogens is 3. The van der Waals surface area contributed by atoms with E-state index in [1.807, 2.05) is 24.4 Å². The largest absolute Gasteiger partial charge is 0.477 e. The molecule has 36 heavy (non-hydrogen) atoms. The van der Waals surface area contributed by atoms with Crippen LogP contribution in [0.3, 0.4) is 0 Å². The molecule has 0 fully saturated rings. The van der Waals surface area contributed by atoms with Gasteiger partial charge in [0.05, 0.1) is 6.61 Å². The van der Waals surface area contributed by atoms with Gasteiger partial charge in [0.1, 0.15) is 5.82 Å². The van der Waals surface area contributed by atoms with Gasteiger partial charge < -0.3 is 19.9 Å². The van der Waals surface area contributed by atoms with E-state index in [1.165, 1.54) is 35.0 Å². The van der Waals surface area contributed by atoms with Gasteiger partial charge in [-0.3, -0.25) is 4.98 Å². The van der Waals surface area contributed by atoms with Gasteiger partial charge in [0, 0.05) is 71.5 Å². The van der Waals surface area contributed by atoms with E-state index in [0.717, 1.165) is 68.1 Å². The van der Waals surface area contributed by atoms with Crippen LogP contribution in [0.4, 0.5) is 17.2 Å². The summed E-state index contributed by atoms with van der Waals surface area (Å²) in [5.74, 6) is 1.45. The van der Waals surface area contributed by atoms with E-state index in [4.69, 9.17) is 9.72 Å². The van der Waals surface area contributed by atoms with E-state index in [-0.39, 0.29) is 0 Å². The van der Waals surface area contributed by atoms with Crippen LogP contribution in [0, 0.1) is 0 Å². The highest BCUT2D eigenvalue weighted by molar-refractivity contribution is 5.88. The Kier molecular flexibility index (Phi) is 7.70. The van der Waals surface area contributed by atoms with E-state index in [9.17, 15) is 0 Å². The number of ether oxygens (including phenoxy) is 1. The maximum absolute atomic E-state index is 6.14. The Morgan fingerprint density at radius 3 is 2.67 bits per heavy atom. The molecular weight excluding hydrogens is 446 g/mol. The number of aromatic amines is 1. The average molecular weight is 484 g/mol. The molecule has 1 aliphatic carbocycles. The van der Waals surface area contributed by atoms with E-state index in [0.29, 0.717) is 12.5 Å². The minimum Gasteiger partial charge on any atom is -0.477 e. The van der Waals surface area contributed by atoms with E-state index >= 15 is 0 Å². The third kappa shape index (κ3) is 5.64. The molecule has 2 N–H and O–H groups in total. The number of hydrogen-bond donors (Lipinski definition) is 2. The Hall–Kier alpha value is -3.54. The summed E-state index contributed by atoms with van der Waals surface area (Å²) >= 11 is 0. The van der Waals surface area contributed by atoms with Gasteiger partial charge in [-0.15, -0.1) is 0 Å². The monoisotopic (exact) mass is 483 g/mol. The fraction of sp³-hybridized carbons (Fsp3) is 0.400. The summed E-state index contributed by atoms with van der Waals surface area (Å²) in [5.41, 5.74) is 7.34. The number of anilines is 3. The van der Waals surface area contributed by atoms with Crippen LogP contribution in [-0.4, -0.2) is 34.6 Å². The highest BCUT2D eigenvalue weighted by atomic mass is 16.5. The molecule has 0 amide bonds. The van der Waals surface area contributed by atoms with Crippen molar-refractivity contribution in [1.82, 2.24) is 15.0 Å². The predicted octanol–water partition coefficient (Wildman–Crippen LogP) is 6.83. The van der Waals surface area contributed by atoms with E-state index < -0.39 is 0 Å². The highest BCUT2D eigenvalue weighted by Gasteiger charge is 2.16. The Morgan fingerprint density at radius 1 is 1.00 bits per heavy atom. The smallest absolute Gasteiger partial charge is 0.217 e. The van der Waals surface area contributed by atoms with Crippen molar-refractivity contribution in [2.24, 2.45) is 0 Å². The Morgan fingerprint density at radius 2 is 1.86 bits per heavy atom. The van der Waals surface area contributed by atoms with Crippen LogP contribution in [0.15, 0.2) is 54.7 Å². The summed E-state index contributed by atoms with van der Waals surface area (Å²) < 4.78 is 6.14. The van der Waals surface area contributed by atoms with Crippen molar-refractivity contribution in [1.29, 1.82) is 0 Å². The highest BCUT2D eigenvalue weighted by Crippen LogP contribution is 2.32. The van der Waals surface area contributed by atoms with Crippen LogP contribution in [-0.2, 0) is 19.3 Å². The minimum absolute atomic E-state index is 0.538. The average Bonchev–Trinajstić information content (AvgIpc) is 3.27. The predicted molar refractivity (Wildman–Crippen MR) is 149 cm³/mol. The quantitative estimate of drug-likeness (QED) is 0.245. The third-order valence-corrected chi connectivity index (χ3v) is 6.84. The first-order chi connectivity index (χ1) is 17.7. The maximum Gasteiger partial charge on any atom is 0.217 e. The molecule has 0 aliphatic heterocycles. The molecule has 0 bridgehead atoms. The Bertz CT molecular complexity index is 1280. The van der Waals surface area contributed by atoms with Gasteiger partial charge in [0.25, 0.3) is 0 Å². The number of hydrogen-bond acceptors (Lipinski definition) is 5. The summed E-state index contributed by atoms with van der Waals surface area (Å²) in [5, 5.41) is 4.91. The van der Waals surface area contributed by atoms with Gasteiger partial charge >= 0.3 is 0 Å². The van der Waals surface area contributed by atoms with Gasteiger partial charge in [0.2, 0.25) is 5.88 Å². The van der Waals surface area contributed by atoms with Gasteiger partial charge in [0.15, 0.2) is 0 Å². The molecule has 5 rings (SSSR count). The first kappa shape index (κ1) is 24.2. The normalized spacial score (nSPS) is 12.9. The van der Waals surface area contributed by atoms with E-state index in [2.05, 4.69) is 64.4 Å². The minimum atomic E-state index is 0.538. The van der Waals surface area contributed by atoms with Crippen LogP contribution in [0.1, 0.15) is 56.5 Å². The number of aryl methyl sites for hydroxylation is 2.